The van der Waals surface area contributed by atoms with E-state index in [2.05, 4.69) is 22.6 Å². The van der Waals surface area contributed by atoms with Gasteiger partial charge in [0, 0.05) is 6.61 Å². The number of carbonyl (C=O) groups is 1. The third kappa shape index (κ3) is 3.75. The number of hydrogen-bond donors (Lipinski definition) is 1. The molecular formula is C18H17IO3. The number of aliphatic hydroxyl groups excluding tert-OH is 1. The monoisotopic (exact) mass is 408 g/mol. The number of rotatable bonds is 5. The summed E-state index contributed by atoms with van der Waals surface area (Å²) in [6, 6.07) is 13.6. The standard InChI is InChI=1S/C18H17IO3/c1-22-18(21)17-15(10-12-20)3-2-4-16(17)14-7-5-13(6-8-14)9-11-19/h2-9,11,20H,10,12H2,1H3/b11-9-. The van der Waals surface area contributed by atoms with E-state index >= 15 is 0 Å². The van der Waals surface area contributed by atoms with Crippen molar-refractivity contribution in [3.63, 3.8) is 0 Å². The Morgan fingerprint density at radius 1 is 1.23 bits per heavy atom. The number of hydrogen-bond acceptors (Lipinski definition) is 3. The predicted octanol–water partition coefficient (Wildman–Crippen LogP) is 4.08. The fraction of sp³-hybridized carbons (Fsp3) is 0.167. The summed E-state index contributed by atoms with van der Waals surface area (Å²) in [4.78, 5) is 12.2. The summed E-state index contributed by atoms with van der Waals surface area (Å²) in [5.74, 6) is -0.379. The molecule has 0 saturated heterocycles. The maximum Gasteiger partial charge on any atom is 0.338 e. The molecule has 2 aromatic carbocycles. The highest BCUT2D eigenvalue weighted by Crippen LogP contribution is 2.28. The first-order valence-electron chi connectivity index (χ1n) is 6.89. The average Bonchev–Trinajstić information content (AvgIpc) is 2.55. The number of ether oxygens (including phenoxy) is 1. The number of carbonyl (C=O) groups excluding carboxylic acids is 1. The third-order valence-electron chi connectivity index (χ3n) is 3.40. The Balaban J connectivity index is 2.53. The topological polar surface area (TPSA) is 46.5 Å². The summed E-state index contributed by atoms with van der Waals surface area (Å²) in [7, 11) is 1.37. The maximum absolute atomic E-state index is 12.2. The Morgan fingerprint density at radius 2 is 1.95 bits per heavy atom. The number of aliphatic hydroxyl groups is 1. The van der Waals surface area contributed by atoms with Gasteiger partial charge in [-0.3, -0.25) is 0 Å². The van der Waals surface area contributed by atoms with Crippen LogP contribution < -0.4 is 0 Å². The summed E-state index contributed by atoms with van der Waals surface area (Å²) in [5.41, 5.74) is 4.19. The molecule has 22 heavy (non-hydrogen) atoms. The average molecular weight is 408 g/mol. The van der Waals surface area contributed by atoms with E-state index in [1.165, 1.54) is 7.11 Å². The number of methoxy groups -OCH3 is 1. The van der Waals surface area contributed by atoms with Gasteiger partial charge < -0.3 is 9.84 Å². The molecule has 0 heterocycles. The highest BCUT2D eigenvalue weighted by Gasteiger charge is 2.17. The predicted molar refractivity (Wildman–Crippen MR) is 97.1 cm³/mol. The van der Waals surface area contributed by atoms with Crippen molar-refractivity contribution in [2.24, 2.45) is 0 Å². The minimum Gasteiger partial charge on any atom is -0.465 e. The summed E-state index contributed by atoms with van der Waals surface area (Å²) < 4.78 is 6.87. The Morgan fingerprint density at radius 3 is 2.55 bits per heavy atom. The first kappa shape index (κ1) is 16.7. The van der Waals surface area contributed by atoms with Crippen molar-refractivity contribution in [2.45, 2.75) is 6.42 Å². The largest absolute Gasteiger partial charge is 0.465 e. The zero-order chi connectivity index (χ0) is 15.9. The number of esters is 1. The molecule has 114 valence electrons. The Kier molecular flexibility index (Phi) is 6.15. The Bertz CT molecular complexity index is 675. The van der Waals surface area contributed by atoms with E-state index in [-0.39, 0.29) is 12.6 Å². The molecule has 0 atom stereocenters. The molecule has 0 unspecified atom stereocenters. The van der Waals surface area contributed by atoms with E-state index in [9.17, 15) is 9.90 Å². The molecule has 0 aromatic heterocycles. The molecule has 0 spiro atoms. The molecule has 0 aliphatic heterocycles. The molecule has 0 aliphatic carbocycles. The van der Waals surface area contributed by atoms with Crippen LogP contribution in [0.2, 0.25) is 0 Å². The lowest BCUT2D eigenvalue weighted by Crippen LogP contribution is -2.09. The second-order valence-corrected chi connectivity index (χ2v) is 5.44. The quantitative estimate of drug-likeness (QED) is 0.599. The van der Waals surface area contributed by atoms with E-state index in [0.29, 0.717) is 12.0 Å². The van der Waals surface area contributed by atoms with Crippen molar-refractivity contribution < 1.29 is 14.6 Å². The lowest BCUT2D eigenvalue weighted by molar-refractivity contribution is 0.0600. The molecule has 0 bridgehead atoms. The van der Waals surface area contributed by atoms with Gasteiger partial charge in [-0.25, -0.2) is 4.79 Å². The molecule has 0 amide bonds. The van der Waals surface area contributed by atoms with Gasteiger partial charge in [-0.1, -0.05) is 65.1 Å². The molecule has 0 saturated carbocycles. The van der Waals surface area contributed by atoms with E-state index < -0.39 is 0 Å². The smallest absolute Gasteiger partial charge is 0.338 e. The van der Waals surface area contributed by atoms with Crippen molar-refractivity contribution in [1.82, 2.24) is 0 Å². The molecule has 2 aromatic rings. The summed E-state index contributed by atoms with van der Waals surface area (Å²) in [5, 5.41) is 9.20. The van der Waals surface area contributed by atoms with Gasteiger partial charge in [0.15, 0.2) is 0 Å². The fourth-order valence-electron chi connectivity index (χ4n) is 2.36. The Hall–Kier alpha value is -1.66. The molecule has 0 aliphatic rings. The van der Waals surface area contributed by atoms with Gasteiger partial charge in [0.2, 0.25) is 0 Å². The van der Waals surface area contributed by atoms with Crippen LogP contribution in [0.3, 0.4) is 0 Å². The van der Waals surface area contributed by atoms with Crippen LogP contribution in [0.4, 0.5) is 0 Å². The van der Waals surface area contributed by atoms with Crippen LogP contribution in [-0.2, 0) is 11.2 Å². The van der Waals surface area contributed by atoms with E-state index in [4.69, 9.17) is 4.74 Å². The molecule has 4 heteroatoms. The molecule has 1 N–H and O–H groups in total. The lowest BCUT2D eigenvalue weighted by Gasteiger charge is -2.13. The SMILES string of the molecule is COC(=O)c1c(CCO)cccc1-c1ccc(/C=C\I)cc1. The van der Waals surface area contributed by atoms with Gasteiger partial charge in [0.1, 0.15) is 0 Å². The van der Waals surface area contributed by atoms with Crippen molar-refractivity contribution >= 4 is 34.6 Å². The Labute approximate surface area is 143 Å². The van der Waals surface area contributed by atoms with Gasteiger partial charge in [0.25, 0.3) is 0 Å². The van der Waals surface area contributed by atoms with Crippen LogP contribution in [0.5, 0.6) is 0 Å². The minimum absolute atomic E-state index is 0.00710. The fourth-order valence-corrected chi connectivity index (χ4v) is 2.77. The second kappa shape index (κ2) is 8.10. The lowest BCUT2D eigenvalue weighted by atomic mass is 9.93. The van der Waals surface area contributed by atoms with Crippen LogP contribution in [0.15, 0.2) is 46.5 Å². The van der Waals surface area contributed by atoms with Crippen molar-refractivity contribution in [1.29, 1.82) is 0 Å². The van der Waals surface area contributed by atoms with Gasteiger partial charge in [-0.2, -0.15) is 0 Å². The first-order valence-corrected chi connectivity index (χ1v) is 8.14. The molecule has 2 rings (SSSR count). The maximum atomic E-state index is 12.2. The minimum atomic E-state index is -0.379. The van der Waals surface area contributed by atoms with Gasteiger partial charge in [0.05, 0.1) is 12.7 Å². The molecular weight excluding hydrogens is 391 g/mol. The summed E-state index contributed by atoms with van der Waals surface area (Å²) >= 11 is 2.18. The van der Waals surface area contributed by atoms with Crippen LogP contribution in [0.25, 0.3) is 17.2 Å². The highest BCUT2D eigenvalue weighted by atomic mass is 127. The number of benzene rings is 2. The zero-order valence-electron chi connectivity index (χ0n) is 12.3. The first-order chi connectivity index (χ1) is 10.7. The van der Waals surface area contributed by atoms with Crippen molar-refractivity contribution in [3.05, 3.63) is 63.2 Å². The van der Waals surface area contributed by atoms with Crippen molar-refractivity contribution in [2.75, 3.05) is 13.7 Å². The van der Waals surface area contributed by atoms with E-state index in [1.807, 2.05) is 52.6 Å². The normalized spacial score (nSPS) is 10.9. The van der Waals surface area contributed by atoms with Gasteiger partial charge in [-0.15, -0.1) is 0 Å². The molecule has 0 radical (unpaired) electrons. The van der Waals surface area contributed by atoms with Crippen molar-refractivity contribution in [3.8, 4) is 11.1 Å². The van der Waals surface area contributed by atoms with Crippen LogP contribution in [-0.4, -0.2) is 24.8 Å². The van der Waals surface area contributed by atoms with E-state index in [1.54, 1.807) is 0 Å². The third-order valence-corrected chi connectivity index (χ3v) is 3.76. The van der Waals surface area contributed by atoms with Crippen LogP contribution >= 0.6 is 22.6 Å². The number of halogens is 1. The summed E-state index contributed by atoms with van der Waals surface area (Å²) in [6.45, 7) is -0.00710. The second-order valence-electron chi connectivity index (χ2n) is 4.72. The van der Waals surface area contributed by atoms with Crippen LogP contribution in [0.1, 0.15) is 21.5 Å². The molecule has 3 nitrogen and oxygen atoms in total. The summed E-state index contributed by atoms with van der Waals surface area (Å²) in [6.07, 6.45) is 2.43. The van der Waals surface area contributed by atoms with E-state index in [0.717, 1.165) is 22.3 Å². The van der Waals surface area contributed by atoms with Gasteiger partial charge >= 0.3 is 5.97 Å². The highest BCUT2D eigenvalue weighted by molar-refractivity contribution is 14.1. The van der Waals surface area contributed by atoms with Crippen LogP contribution in [0, 0.1) is 0 Å². The zero-order valence-corrected chi connectivity index (χ0v) is 14.4. The molecule has 0 fully saturated rings. The van der Waals surface area contributed by atoms with Gasteiger partial charge in [-0.05, 0) is 38.8 Å².